The molecule has 0 bridgehead atoms. The van der Waals surface area contributed by atoms with Crippen molar-refractivity contribution in [3.05, 3.63) is 36.0 Å². The first-order valence-electron chi connectivity index (χ1n) is 7.00. The van der Waals surface area contributed by atoms with E-state index in [1.807, 2.05) is 12.1 Å². The van der Waals surface area contributed by atoms with E-state index in [-0.39, 0.29) is 12.3 Å². The molecule has 0 aliphatic rings. The van der Waals surface area contributed by atoms with E-state index >= 15 is 0 Å². The predicted molar refractivity (Wildman–Crippen MR) is 82.2 cm³/mol. The molecule has 0 unspecified atom stereocenters. The minimum Gasteiger partial charge on any atom is -0.493 e. The van der Waals surface area contributed by atoms with Gasteiger partial charge in [-0.25, -0.2) is 0 Å². The van der Waals surface area contributed by atoms with Crippen LogP contribution >= 0.6 is 0 Å². The number of aromatic nitrogens is 2. The van der Waals surface area contributed by atoms with Crippen LogP contribution in [0.15, 0.2) is 30.3 Å². The first-order valence-corrected chi connectivity index (χ1v) is 7.00. The molecular weight excluding hydrogens is 268 g/mol. The zero-order valence-electron chi connectivity index (χ0n) is 12.1. The molecule has 2 rings (SSSR count). The number of carbonyl (C=O) groups excluding carboxylic acids is 1. The Balaban J connectivity index is 1.74. The second-order valence-corrected chi connectivity index (χ2v) is 4.75. The summed E-state index contributed by atoms with van der Waals surface area (Å²) in [7, 11) is 0. The predicted octanol–water partition coefficient (Wildman–Crippen LogP) is 2.35. The van der Waals surface area contributed by atoms with Crippen LogP contribution in [0.3, 0.4) is 0 Å². The zero-order valence-corrected chi connectivity index (χ0v) is 12.1. The van der Waals surface area contributed by atoms with Gasteiger partial charge in [0.2, 0.25) is 5.91 Å². The van der Waals surface area contributed by atoms with Gasteiger partial charge >= 0.3 is 0 Å². The number of amides is 1. The van der Waals surface area contributed by atoms with Crippen LogP contribution in [0.25, 0.3) is 0 Å². The Morgan fingerprint density at radius 3 is 3.05 bits per heavy atom. The number of carbonyl (C=O) groups is 1. The Hall–Kier alpha value is -2.50. The highest BCUT2D eigenvalue weighted by Crippen LogP contribution is 2.14. The molecule has 1 amide bonds. The average molecular weight is 288 g/mol. The smallest absolute Gasteiger partial charge is 0.229 e. The third-order valence-corrected chi connectivity index (χ3v) is 2.87. The van der Waals surface area contributed by atoms with Crippen LogP contribution in [0.4, 0.5) is 11.5 Å². The third-order valence-electron chi connectivity index (χ3n) is 2.87. The van der Waals surface area contributed by atoms with E-state index in [1.54, 1.807) is 18.2 Å². The third kappa shape index (κ3) is 4.83. The minimum atomic E-state index is -0.131. The number of benzene rings is 1. The van der Waals surface area contributed by atoms with E-state index in [4.69, 9.17) is 10.5 Å². The number of aryl methyl sites for hydroxylation is 1. The maximum absolute atomic E-state index is 11.8. The lowest BCUT2D eigenvalue weighted by Crippen LogP contribution is -2.15. The van der Waals surface area contributed by atoms with E-state index in [1.165, 1.54) is 0 Å². The molecule has 0 saturated carbocycles. The highest BCUT2D eigenvalue weighted by Gasteiger charge is 2.06. The Bertz CT molecular complexity index is 595. The van der Waals surface area contributed by atoms with Gasteiger partial charge < -0.3 is 15.8 Å². The van der Waals surface area contributed by atoms with E-state index in [0.29, 0.717) is 23.9 Å². The van der Waals surface area contributed by atoms with Crippen molar-refractivity contribution < 1.29 is 9.53 Å². The molecule has 0 radical (unpaired) electrons. The van der Waals surface area contributed by atoms with Gasteiger partial charge in [-0.1, -0.05) is 19.4 Å². The summed E-state index contributed by atoms with van der Waals surface area (Å²) in [6.45, 7) is 2.38. The quantitative estimate of drug-likeness (QED) is 0.682. The molecule has 6 heteroatoms. The van der Waals surface area contributed by atoms with Crippen molar-refractivity contribution in [3.8, 4) is 5.75 Å². The van der Waals surface area contributed by atoms with Crippen LogP contribution in [-0.2, 0) is 11.2 Å². The molecule has 112 valence electrons. The molecule has 0 atom stereocenters. The van der Waals surface area contributed by atoms with Gasteiger partial charge in [-0.05, 0) is 18.6 Å². The molecule has 21 heavy (non-hydrogen) atoms. The summed E-state index contributed by atoms with van der Waals surface area (Å²) < 4.78 is 5.47. The van der Waals surface area contributed by atoms with Crippen LogP contribution in [-0.4, -0.2) is 22.7 Å². The number of ether oxygens (including phenoxy) is 1. The minimum absolute atomic E-state index is 0.131. The number of H-pyrrole nitrogens is 1. The van der Waals surface area contributed by atoms with Gasteiger partial charge in [-0.2, -0.15) is 5.10 Å². The van der Waals surface area contributed by atoms with Crippen LogP contribution in [0.2, 0.25) is 0 Å². The Kier molecular flexibility index (Phi) is 5.20. The molecule has 0 aliphatic heterocycles. The molecule has 0 saturated heterocycles. The number of rotatable bonds is 7. The molecule has 1 heterocycles. The summed E-state index contributed by atoms with van der Waals surface area (Å²) in [6.07, 6.45) is 2.20. The summed E-state index contributed by atoms with van der Waals surface area (Å²) in [4.78, 5) is 11.8. The number of nitrogens with one attached hydrogen (secondary N) is 2. The topological polar surface area (TPSA) is 93.0 Å². The monoisotopic (exact) mass is 288 g/mol. The molecule has 2 aromatic rings. The number of nitrogens with two attached hydrogens (primary N) is 1. The lowest BCUT2D eigenvalue weighted by atomic mass is 10.2. The first-order chi connectivity index (χ1) is 10.2. The second kappa shape index (κ2) is 7.33. The molecule has 0 fully saturated rings. The van der Waals surface area contributed by atoms with E-state index < -0.39 is 0 Å². The largest absolute Gasteiger partial charge is 0.493 e. The lowest BCUT2D eigenvalue weighted by molar-refractivity contribution is -0.116. The number of hydrogen-bond donors (Lipinski definition) is 3. The average Bonchev–Trinajstić information content (AvgIpc) is 2.86. The van der Waals surface area contributed by atoms with E-state index in [0.717, 1.165) is 18.5 Å². The fourth-order valence-corrected chi connectivity index (χ4v) is 1.89. The zero-order chi connectivity index (χ0) is 15.1. The number of nitrogens with zero attached hydrogens (tertiary/aromatic N) is 1. The van der Waals surface area contributed by atoms with Crippen LogP contribution in [0.5, 0.6) is 5.75 Å². The maximum atomic E-state index is 11.8. The fraction of sp³-hybridized carbons (Fsp3) is 0.333. The molecule has 0 spiro atoms. The van der Waals surface area contributed by atoms with Crippen molar-refractivity contribution in [1.29, 1.82) is 0 Å². The molecule has 0 aliphatic carbocycles. The number of anilines is 2. The normalized spacial score (nSPS) is 10.3. The highest BCUT2D eigenvalue weighted by atomic mass is 16.5. The summed E-state index contributed by atoms with van der Waals surface area (Å²) in [6, 6.07) is 8.97. The number of nitrogen functional groups attached to an aromatic ring is 1. The van der Waals surface area contributed by atoms with Gasteiger partial charge in [0.1, 0.15) is 5.75 Å². The van der Waals surface area contributed by atoms with E-state index in [2.05, 4.69) is 22.4 Å². The van der Waals surface area contributed by atoms with Gasteiger partial charge in [0.05, 0.1) is 13.0 Å². The van der Waals surface area contributed by atoms with Crippen molar-refractivity contribution in [1.82, 2.24) is 10.2 Å². The second-order valence-electron chi connectivity index (χ2n) is 4.75. The number of hydrogen-bond acceptors (Lipinski definition) is 4. The molecular formula is C15H20N4O2. The summed E-state index contributed by atoms with van der Waals surface area (Å²) in [5.74, 6) is 1.08. The summed E-state index contributed by atoms with van der Waals surface area (Å²) in [5, 5.41) is 9.66. The molecule has 6 nitrogen and oxygen atoms in total. The van der Waals surface area contributed by atoms with Gasteiger partial charge in [0.15, 0.2) is 5.82 Å². The van der Waals surface area contributed by atoms with Gasteiger partial charge in [-0.3, -0.25) is 9.89 Å². The van der Waals surface area contributed by atoms with Crippen molar-refractivity contribution >= 4 is 17.4 Å². The van der Waals surface area contributed by atoms with Crippen LogP contribution in [0, 0.1) is 0 Å². The summed E-state index contributed by atoms with van der Waals surface area (Å²) >= 11 is 0. The van der Waals surface area contributed by atoms with Crippen molar-refractivity contribution in [2.24, 2.45) is 0 Å². The Morgan fingerprint density at radius 2 is 2.29 bits per heavy atom. The standard InChI is InChI=1S/C15H20N4O2/c1-2-4-12-10-14(19-18-12)17-15(20)7-8-21-13-6-3-5-11(16)9-13/h3,5-6,9-10H,2,4,7-8,16H2,1H3,(H2,17,18,19,20). The Morgan fingerprint density at radius 1 is 1.43 bits per heavy atom. The van der Waals surface area contributed by atoms with Crippen molar-refractivity contribution in [2.75, 3.05) is 17.7 Å². The molecule has 4 N–H and O–H groups in total. The molecule has 1 aromatic heterocycles. The summed E-state index contributed by atoms with van der Waals surface area (Å²) in [5.41, 5.74) is 7.30. The highest BCUT2D eigenvalue weighted by molar-refractivity contribution is 5.89. The van der Waals surface area contributed by atoms with Gasteiger partial charge in [-0.15, -0.1) is 0 Å². The van der Waals surface area contributed by atoms with Crippen LogP contribution < -0.4 is 15.8 Å². The van der Waals surface area contributed by atoms with Crippen molar-refractivity contribution in [2.45, 2.75) is 26.2 Å². The molecule has 1 aromatic carbocycles. The van der Waals surface area contributed by atoms with E-state index in [9.17, 15) is 4.79 Å². The Labute approximate surface area is 123 Å². The maximum Gasteiger partial charge on any atom is 0.229 e. The number of aromatic amines is 1. The lowest BCUT2D eigenvalue weighted by Gasteiger charge is -2.06. The van der Waals surface area contributed by atoms with Crippen molar-refractivity contribution in [3.63, 3.8) is 0 Å². The first kappa shape index (κ1) is 14.9. The van der Waals surface area contributed by atoms with Crippen LogP contribution in [0.1, 0.15) is 25.5 Å². The fourth-order valence-electron chi connectivity index (χ4n) is 1.89. The SMILES string of the molecule is CCCc1cc(NC(=O)CCOc2cccc(N)c2)n[nH]1. The van der Waals surface area contributed by atoms with Gasteiger partial charge in [0, 0.05) is 23.5 Å². The van der Waals surface area contributed by atoms with Gasteiger partial charge in [0.25, 0.3) is 0 Å².